The van der Waals surface area contributed by atoms with E-state index in [0.29, 0.717) is 11.4 Å². The van der Waals surface area contributed by atoms with E-state index >= 15 is 0 Å². The molecule has 0 atom stereocenters. The Kier molecular flexibility index (Phi) is 5.06. The van der Waals surface area contributed by atoms with Gasteiger partial charge in [0.2, 0.25) is 0 Å². The number of para-hydroxylation sites is 1. The summed E-state index contributed by atoms with van der Waals surface area (Å²) in [5, 5.41) is 6.13. The van der Waals surface area contributed by atoms with Crippen molar-refractivity contribution in [1.29, 1.82) is 0 Å². The molecule has 2 N–H and O–H groups in total. The first-order valence-electron chi connectivity index (χ1n) is 8.89. The normalized spacial score (nSPS) is 10.3. The first-order chi connectivity index (χ1) is 13.8. The third-order valence-corrected chi connectivity index (χ3v) is 4.17. The van der Waals surface area contributed by atoms with Crippen LogP contribution in [0.5, 0.6) is 0 Å². The van der Waals surface area contributed by atoms with Gasteiger partial charge in [0.15, 0.2) is 0 Å². The number of aromatic nitrogens is 2. The van der Waals surface area contributed by atoms with Gasteiger partial charge in [0.25, 0.3) is 5.91 Å². The summed E-state index contributed by atoms with van der Waals surface area (Å²) in [7, 11) is 0. The average Bonchev–Trinajstić information content (AvgIpc) is 2.75. The standard InChI is InChI=1S/C23H18N4O/c28-23(27-19-11-5-2-6-12-19)18-10-7-13-20(14-18)26-22-15-21(24-16-25-22)17-8-3-1-4-9-17/h1-16H,(H,27,28)(H,24,25,26). The Labute approximate surface area is 163 Å². The highest BCUT2D eigenvalue weighted by molar-refractivity contribution is 6.04. The Morgan fingerprint density at radius 2 is 1.43 bits per heavy atom. The van der Waals surface area contributed by atoms with Gasteiger partial charge in [-0.3, -0.25) is 4.79 Å². The molecule has 5 nitrogen and oxygen atoms in total. The lowest BCUT2D eigenvalue weighted by Gasteiger charge is -2.09. The number of rotatable bonds is 5. The van der Waals surface area contributed by atoms with Gasteiger partial charge in [0, 0.05) is 28.6 Å². The molecule has 1 amide bonds. The molecule has 136 valence electrons. The highest BCUT2D eigenvalue weighted by Gasteiger charge is 2.08. The zero-order valence-corrected chi connectivity index (χ0v) is 15.0. The van der Waals surface area contributed by atoms with E-state index in [2.05, 4.69) is 20.6 Å². The lowest BCUT2D eigenvalue weighted by Crippen LogP contribution is -2.11. The SMILES string of the molecule is O=C(Nc1ccccc1)c1cccc(Nc2cc(-c3ccccc3)ncn2)c1. The third-order valence-electron chi connectivity index (χ3n) is 4.17. The van der Waals surface area contributed by atoms with E-state index in [1.807, 2.05) is 78.9 Å². The van der Waals surface area contributed by atoms with Gasteiger partial charge in [0.1, 0.15) is 12.1 Å². The van der Waals surface area contributed by atoms with Crippen molar-refractivity contribution >= 4 is 23.1 Å². The van der Waals surface area contributed by atoms with Crippen LogP contribution in [0.1, 0.15) is 10.4 Å². The number of nitrogens with zero attached hydrogens (tertiary/aromatic N) is 2. The number of hydrogen-bond donors (Lipinski definition) is 2. The summed E-state index contributed by atoms with van der Waals surface area (Å²) >= 11 is 0. The van der Waals surface area contributed by atoms with E-state index < -0.39 is 0 Å². The van der Waals surface area contributed by atoms with Crippen LogP contribution in [0.2, 0.25) is 0 Å². The monoisotopic (exact) mass is 366 g/mol. The molecule has 1 aromatic heterocycles. The molecule has 0 spiro atoms. The minimum atomic E-state index is -0.164. The lowest BCUT2D eigenvalue weighted by molar-refractivity contribution is 0.102. The van der Waals surface area contributed by atoms with E-state index in [1.54, 1.807) is 12.1 Å². The smallest absolute Gasteiger partial charge is 0.255 e. The van der Waals surface area contributed by atoms with Gasteiger partial charge in [-0.1, -0.05) is 54.6 Å². The molecule has 0 fully saturated rings. The molecule has 0 aliphatic carbocycles. The van der Waals surface area contributed by atoms with Crippen molar-refractivity contribution in [2.45, 2.75) is 0 Å². The second-order valence-corrected chi connectivity index (χ2v) is 6.18. The van der Waals surface area contributed by atoms with Gasteiger partial charge in [-0.05, 0) is 30.3 Å². The van der Waals surface area contributed by atoms with Crippen molar-refractivity contribution in [1.82, 2.24) is 9.97 Å². The first-order valence-corrected chi connectivity index (χ1v) is 8.89. The molecule has 4 rings (SSSR count). The molecule has 0 unspecified atom stereocenters. The fourth-order valence-electron chi connectivity index (χ4n) is 2.80. The number of carbonyl (C=O) groups is 1. The van der Waals surface area contributed by atoms with E-state index in [1.165, 1.54) is 6.33 Å². The number of amides is 1. The fraction of sp³-hybridized carbons (Fsp3) is 0. The van der Waals surface area contributed by atoms with Gasteiger partial charge in [-0.15, -0.1) is 0 Å². The molecular weight excluding hydrogens is 348 g/mol. The number of nitrogens with one attached hydrogen (secondary N) is 2. The van der Waals surface area contributed by atoms with E-state index in [0.717, 1.165) is 22.6 Å². The van der Waals surface area contributed by atoms with Crippen LogP contribution in [-0.2, 0) is 0 Å². The molecule has 0 saturated carbocycles. The molecule has 3 aromatic carbocycles. The fourth-order valence-corrected chi connectivity index (χ4v) is 2.80. The quantitative estimate of drug-likeness (QED) is 0.513. The zero-order chi connectivity index (χ0) is 19.2. The molecule has 0 saturated heterocycles. The Morgan fingerprint density at radius 3 is 2.21 bits per heavy atom. The van der Waals surface area contributed by atoms with Crippen molar-refractivity contribution in [2.75, 3.05) is 10.6 Å². The summed E-state index contributed by atoms with van der Waals surface area (Å²) in [6, 6.07) is 28.5. The van der Waals surface area contributed by atoms with E-state index in [9.17, 15) is 4.79 Å². The molecule has 1 heterocycles. The van der Waals surface area contributed by atoms with Gasteiger partial charge >= 0.3 is 0 Å². The van der Waals surface area contributed by atoms with Crippen LogP contribution in [0.25, 0.3) is 11.3 Å². The van der Waals surface area contributed by atoms with Crippen molar-refractivity contribution in [2.24, 2.45) is 0 Å². The van der Waals surface area contributed by atoms with Gasteiger partial charge in [-0.2, -0.15) is 0 Å². The number of carbonyl (C=O) groups excluding carboxylic acids is 1. The topological polar surface area (TPSA) is 66.9 Å². The molecule has 28 heavy (non-hydrogen) atoms. The van der Waals surface area contributed by atoms with E-state index in [-0.39, 0.29) is 5.91 Å². The molecule has 5 heteroatoms. The summed E-state index contributed by atoms with van der Waals surface area (Å²) in [5.74, 6) is 0.497. The van der Waals surface area contributed by atoms with Crippen molar-refractivity contribution in [3.63, 3.8) is 0 Å². The maximum absolute atomic E-state index is 12.5. The summed E-state index contributed by atoms with van der Waals surface area (Å²) in [6.45, 7) is 0. The number of anilines is 3. The molecule has 0 radical (unpaired) electrons. The molecule has 0 bridgehead atoms. The second-order valence-electron chi connectivity index (χ2n) is 6.18. The van der Waals surface area contributed by atoms with Gasteiger partial charge in [-0.25, -0.2) is 9.97 Å². The molecule has 0 aliphatic heterocycles. The van der Waals surface area contributed by atoms with Crippen LogP contribution >= 0.6 is 0 Å². The number of benzene rings is 3. The van der Waals surface area contributed by atoms with Crippen LogP contribution in [0.4, 0.5) is 17.2 Å². The van der Waals surface area contributed by atoms with Crippen LogP contribution in [0, 0.1) is 0 Å². The Hall–Kier alpha value is -3.99. The first kappa shape index (κ1) is 17.4. The predicted molar refractivity (Wildman–Crippen MR) is 112 cm³/mol. The van der Waals surface area contributed by atoms with Crippen LogP contribution in [0.3, 0.4) is 0 Å². The number of hydrogen-bond acceptors (Lipinski definition) is 4. The average molecular weight is 366 g/mol. The van der Waals surface area contributed by atoms with Gasteiger partial charge in [0.05, 0.1) is 5.69 Å². The van der Waals surface area contributed by atoms with Crippen LogP contribution in [-0.4, -0.2) is 15.9 Å². The highest BCUT2D eigenvalue weighted by atomic mass is 16.1. The highest BCUT2D eigenvalue weighted by Crippen LogP contribution is 2.21. The summed E-state index contributed by atoms with van der Waals surface area (Å²) < 4.78 is 0. The molecule has 4 aromatic rings. The minimum Gasteiger partial charge on any atom is -0.340 e. The predicted octanol–water partition coefficient (Wildman–Crippen LogP) is 5.14. The lowest BCUT2D eigenvalue weighted by atomic mass is 10.1. The van der Waals surface area contributed by atoms with Crippen molar-refractivity contribution < 1.29 is 4.79 Å². The molecular formula is C23H18N4O. The van der Waals surface area contributed by atoms with Crippen molar-refractivity contribution in [3.05, 3.63) is 103 Å². The largest absolute Gasteiger partial charge is 0.340 e. The minimum absolute atomic E-state index is 0.164. The Balaban J connectivity index is 1.52. The third kappa shape index (κ3) is 4.22. The Bertz CT molecular complexity index is 1080. The second kappa shape index (κ2) is 8.14. The maximum Gasteiger partial charge on any atom is 0.255 e. The van der Waals surface area contributed by atoms with Crippen LogP contribution < -0.4 is 10.6 Å². The zero-order valence-electron chi connectivity index (χ0n) is 15.0. The summed E-state index contributed by atoms with van der Waals surface area (Å²) in [5.41, 5.74) is 3.94. The van der Waals surface area contributed by atoms with Gasteiger partial charge < -0.3 is 10.6 Å². The summed E-state index contributed by atoms with van der Waals surface area (Å²) in [4.78, 5) is 21.1. The summed E-state index contributed by atoms with van der Waals surface area (Å²) in [6.07, 6.45) is 1.52. The molecule has 0 aliphatic rings. The maximum atomic E-state index is 12.5. The van der Waals surface area contributed by atoms with Crippen LogP contribution in [0.15, 0.2) is 97.3 Å². The van der Waals surface area contributed by atoms with Crippen molar-refractivity contribution in [3.8, 4) is 11.3 Å². The van der Waals surface area contributed by atoms with E-state index in [4.69, 9.17) is 0 Å². The Morgan fingerprint density at radius 1 is 0.714 bits per heavy atom.